The van der Waals surface area contributed by atoms with Crippen molar-refractivity contribution in [2.24, 2.45) is 5.92 Å². The van der Waals surface area contributed by atoms with Crippen molar-refractivity contribution < 1.29 is 9.53 Å². The average molecular weight is 356 g/mol. The number of nitrogens with one attached hydrogen (secondary N) is 2. The zero-order valence-electron chi connectivity index (χ0n) is 16.0. The van der Waals surface area contributed by atoms with Crippen LogP contribution in [-0.4, -0.2) is 24.1 Å². The van der Waals surface area contributed by atoms with Crippen molar-refractivity contribution in [3.8, 4) is 0 Å². The predicted molar refractivity (Wildman–Crippen MR) is 104 cm³/mol. The number of ether oxygens (including phenoxy) is 1. The number of H-pyrrole nitrogens is 1. The zero-order valence-corrected chi connectivity index (χ0v) is 16.0. The van der Waals surface area contributed by atoms with Crippen molar-refractivity contribution in [2.75, 3.05) is 13.2 Å². The van der Waals surface area contributed by atoms with Gasteiger partial charge in [0.25, 0.3) is 11.5 Å². The first kappa shape index (κ1) is 19.9. The highest BCUT2D eigenvalue weighted by atomic mass is 16.5. The van der Waals surface area contributed by atoms with E-state index in [1.807, 2.05) is 32.0 Å². The second-order valence-corrected chi connectivity index (χ2v) is 7.04. The highest BCUT2D eigenvalue weighted by Gasteiger charge is 2.09. The number of aryl methyl sites for hydroxylation is 2. The van der Waals surface area contributed by atoms with Gasteiger partial charge in [0.05, 0.1) is 6.61 Å². The maximum absolute atomic E-state index is 12.3. The zero-order chi connectivity index (χ0) is 19.1. The normalized spacial score (nSPS) is 11.0. The molecule has 1 aromatic carbocycles. The summed E-state index contributed by atoms with van der Waals surface area (Å²) in [6, 6.07) is 9.40. The summed E-state index contributed by atoms with van der Waals surface area (Å²) in [5, 5.41) is 2.82. The Morgan fingerprint density at radius 1 is 1.19 bits per heavy atom. The molecule has 0 radical (unpaired) electrons. The first-order valence-corrected chi connectivity index (χ1v) is 9.01. The van der Waals surface area contributed by atoms with Crippen LogP contribution in [0.25, 0.3) is 0 Å². The standard InChI is InChI=1S/C21H28N2O3/c1-14(2)13-26-10-9-17-5-7-18(8-6-17)20(24)22-12-19-15(3)11-16(4)23-21(19)25/h5-8,11,14H,9-10,12-13H2,1-4H3,(H,22,24)(H,23,25). The van der Waals surface area contributed by atoms with Crippen LogP contribution in [0.2, 0.25) is 0 Å². The number of aromatic amines is 1. The van der Waals surface area contributed by atoms with E-state index in [-0.39, 0.29) is 18.0 Å². The Hall–Kier alpha value is -2.40. The number of rotatable bonds is 8. The fraction of sp³-hybridized carbons (Fsp3) is 0.429. The quantitative estimate of drug-likeness (QED) is 0.714. The third-order valence-electron chi connectivity index (χ3n) is 4.12. The molecule has 0 aliphatic rings. The largest absolute Gasteiger partial charge is 0.381 e. The summed E-state index contributed by atoms with van der Waals surface area (Å²) in [6.07, 6.45) is 0.826. The van der Waals surface area contributed by atoms with Gasteiger partial charge in [-0.1, -0.05) is 26.0 Å². The molecule has 0 atom stereocenters. The van der Waals surface area contributed by atoms with E-state index < -0.39 is 0 Å². The fourth-order valence-electron chi connectivity index (χ4n) is 2.70. The van der Waals surface area contributed by atoms with E-state index in [0.717, 1.165) is 29.8 Å². The summed E-state index contributed by atoms with van der Waals surface area (Å²) in [5.74, 6) is 0.345. The molecular weight excluding hydrogens is 328 g/mol. The number of amides is 1. The first-order chi connectivity index (χ1) is 12.4. The van der Waals surface area contributed by atoms with Crippen molar-refractivity contribution >= 4 is 5.91 Å². The van der Waals surface area contributed by atoms with Crippen molar-refractivity contribution in [1.29, 1.82) is 0 Å². The van der Waals surface area contributed by atoms with E-state index in [2.05, 4.69) is 24.1 Å². The Kier molecular flexibility index (Phi) is 7.16. The lowest BCUT2D eigenvalue weighted by molar-refractivity contribution is 0.0950. The summed E-state index contributed by atoms with van der Waals surface area (Å²) in [7, 11) is 0. The number of carbonyl (C=O) groups excluding carboxylic acids is 1. The van der Waals surface area contributed by atoms with Crippen molar-refractivity contribution in [2.45, 2.75) is 40.7 Å². The van der Waals surface area contributed by atoms with Gasteiger partial charge in [0.2, 0.25) is 0 Å². The van der Waals surface area contributed by atoms with E-state index in [1.165, 1.54) is 0 Å². The van der Waals surface area contributed by atoms with Crippen LogP contribution >= 0.6 is 0 Å². The molecule has 0 fully saturated rings. The Bertz CT molecular complexity index is 792. The van der Waals surface area contributed by atoms with Gasteiger partial charge in [-0.05, 0) is 55.5 Å². The Morgan fingerprint density at radius 2 is 1.88 bits per heavy atom. The van der Waals surface area contributed by atoms with Gasteiger partial charge in [-0.25, -0.2) is 0 Å². The molecule has 0 saturated heterocycles. The Morgan fingerprint density at radius 3 is 2.50 bits per heavy atom. The molecule has 5 nitrogen and oxygen atoms in total. The molecule has 0 bridgehead atoms. The minimum Gasteiger partial charge on any atom is -0.381 e. The van der Waals surface area contributed by atoms with Crippen LogP contribution in [0, 0.1) is 19.8 Å². The van der Waals surface area contributed by atoms with Gasteiger partial charge in [-0.3, -0.25) is 9.59 Å². The van der Waals surface area contributed by atoms with Crippen molar-refractivity contribution in [3.05, 3.63) is 68.6 Å². The van der Waals surface area contributed by atoms with Gasteiger partial charge in [0.1, 0.15) is 0 Å². The van der Waals surface area contributed by atoms with Crippen molar-refractivity contribution in [1.82, 2.24) is 10.3 Å². The van der Waals surface area contributed by atoms with Gasteiger partial charge in [0, 0.05) is 30.0 Å². The fourth-order valence-corrected chi connectivity index (χ4v) is 2.70. The van der Waals surface area contributed by atoms with E-state index in [0.29, 0.717) is 23.7 Å². The number of pyridine rings is 1. The van der Waals surface area contributed by atoms with Crippen LogP contribution in [0.4, 0.5) is 0 Å². The molecule has 2 aromatic rings. The van der Waals surface area contributed by atoms with E-state index in [9.17, 15) is 9.59 Å². The highest BCUT2D eigenvalue weighted by molar-refractivity contribution is 5.94. The maximum Gasteiger partial charge on any atom is 0.253 e. The summed E-state index contributed by atoms with van der Waals surface area (Å²) in [5.41, 5.74) is 3.84. The highest BCUT2D eigenvalue weighted by Crippen LogP contribution is 2.07. The molecule has 2 rings (SSSR count). The van der Waals surface area contributed by atoms with Crippen LogP contribution in [0.3, 0.4) is 0 Å². The lowest BCUT2D eigenvalue weighted by atomic mass is 10.1. The van der Waals surface area contributed by atoms with Crippen LogP contribution < -0.4 is 10.9 Å². The number of carbonyl (C=O) groups is 1. The van der Waals surface area contributed by atoms with Gasteiger partial charge >= 0.3 is 0 Å². The number of hydrogen-bond donors (Lipinski definition) is 2. The van der Waals surface area contributed by atoms with E-state index in [4.69, 9.17) is 4.74 Å². The summed E-state index contributed by atoms with van der Waals surface area (Å²) < 4.78 is 5.58. The minimum absolute atomic E-state index is 0.153. The van der Waals surface area contributed by atoms with Crippen LogP contribution in [0.15, 0.2) is 35.1 Å². The Balaban J connectivity index is 1.89. The van der Waals surface area contributed by atoms with Crippen LogP contribution in [0.5, 0.6) is 0 Å². The molecule has 0 unspecified atom stereocenters. The first-order valence-electron chi connectivity index (χ1n) is 9.01. The minimum atomic E-state index is -0.188. The van der Waals surface area contributed by atoms with Crippen LogP contribution in [-0.2, 0) is 17.7 Å². The molecule has 1 amide bonds. The van der Waals surface area contributed by atoms with Gasteiger partial charge in [-0.15, -0.1) is 0 Å². The smallest absolute Gasteiger partial charge is 0.253 e. The second-order valence-electron chi connectivity index (χ2n) is 7.04. The van der Waals surface area contributed by atoms with Gasteiger partial charge < -0.3 is 15.0 Å². The number of aromatic nitrogens is 1. The molecule has 140 valence electrons. The molecule has 1 aromatic heterocycles. The molecule has 0 saturated carbocycles. The molecule has 5 heteroatoms. The molecule has 0 spiro atoms. The average Bonchev–Trinajstić information content (AvgIpc) is 2.58. The van der Waals surface area contributed by atoms with E-state index >= 15 is 0 Å². The van der Waals surface area contributed by atoms with E-state index in [1.54, 1.807) is 12.1 Å². The molecule has 0 aliphatic heterocycles. The molecule has 26 heavy (non-hydrogen) atoms. The topological polar surface area (TPSA) is 71.2 Å². The van der Waals surface area contributed by atoms with Crippen LogP contribution in [0.1, 0.15) is 46.6 Å². The SMILES string of the molecule is Cc1cc(C)c(CNC(=O)c2ccc(CCOCC(C)C)cc2)c(=O)[nH]1. The monoisotopic (exact) mass is 356 g/mol. The number of benzene rings is 1. The predicted octanol–water partition coefficient (Wildman–Crippen LogP) is 3.14. The third kappa shape index (κ3) is 5.85. The summed E-state index contributed by atoms with van der Waals surface area (Å²) in [6.45, 7) is 9.62. The lowest BCUT2D eigenvalue weighted by Gasteiger charge is -2.09. The number of hydrogen-bond acceptors (Lipinski definition) is 3. The van der Waals surface area contributed by atoms with Gasteiger partial charge in [-0.2, -0.15) is 0 Å². The summed E-state index contributed by atoms with van der Waals surface area (Å²) >= 11 is 0. The lowest BCUT2D eigenvalue weighted by Crippen LogP contribution is -2.27. The second kappa shape index (κ2) is 9.34. The Labute approximate surface area is 154 Å². The molecular formula is C21H28N2O3. The third-order valence-corrected chi connectivity index (χ3v) is 4.12. The maximum atomic E-state index is 12.3. The molecule has 0 aliphatic carbocycles. The molecule has 2 N–H and O–H groups in total. The van der Waals surface area contributed by atoms with Crippen molar-refractivity contribution in [3.63, 3.8) is 0 Å². The molecule has 1 heterocycles. The van der Waals surface area contributed by atoms with Gasteiger partial charge in [0.15, 0.2) is 0 Å². The summed E-state index contributed by atoms with van der Waals surface area (Å²) in [4.78, 5) is 27.1.